The van der Waals surface area contributed by atoms with Gasteiger partial charge in [-0.25, -0.2) is 21.6 Å². The number of rotatable bonds is 8. The molecule has 2 N–H and O–H groups in total. The number of hydrogen-bond donors (Lipinski definition) is 2. The summed E-state index contributed by atoms with van der Waals surface area (Å²) in [5.74, 6) is 0. The van der Waals surface area contributed by atoms with E-state index >= 15 is 0 Å². The maximum atomic E-state index is 12.3. The molecule has 0 aliphatic carbocycles. The van der Waals surface area contributed by atoms with Gasteiger partial charge in [0.15, 0.2) is 9.84 Å². The Bertz CT molecular complexity index is 682. The van der Waals surface area contributed by atoms with Gasteiger partial charge in [0.25, 0.3) is 0 Å². The van der Waals surface area contributed by atoms with Gasteiger partial charge in [0.2, 0.25) is 10.0 Å². The Morgan fingerprint density at radius 2 is 1.76 bits per heavy atom. The van der Waals surface area contributed by atoms with Gasteiger partial charge in [0, 0.05) is 19.3 Å². The van der Waals surface area contributed by atoms with E-state index in [4.69, 9.17) is 0 Å². The number of sulfone groups is 1. The van der Waals surface area contributed by atoms with Crippen molar-refractivity contribution in [2.45, 2.75) is 36.5 Å². The molecule has 0 aromatic heterocycles. The zero-order valence-electron chi connectivity index (χ0n) is 12.5. The molecular weight excluding hydrogens is 312 g/mol. The summed E-state index contributed by atoms with van der Waals surface area (Å²) in [7, 11) is -7.21. The average Bonchev–Trinajstić information content (AvgIpc) is 2.38. The van der Waals surface area contributed by atoms with E-state index in [1.54, 1.807) is 0 Å². The summed E-state index contributed by atoms with van der Waals surface area (Å²) in [5.41, 5.74) is 0.397. The molecule has 0 bridgehead atoms. The Balaban J connectivity index is 3.29. The molecule has 0 atom stereocenters. The maximum Gasteiger partial charge on any atom is 0.242 e. The zero-order chi connectivity index (χ0) is 16.1. The van der Waals surface area contributed by atoms with Crippen LogP contribution >= 0.6 is 0 Å². The van der Waals surface area contributed by atoms with E-state index in [1.165, 1.54) is 18.2 Å². The lowest BCUT2D eigenvalue weighted by molar-refractivity contribution is 0.578. The van der Waals surface area contributed by atoms with Crippen LogP contribution < -0.4 is 10.0 Å². The highest BCUT2D eigenvalue weighted by atomic mass is 32.2. The van der Waals surface area contributed by atoms with Crippen LogP contribution in [0.3, 0.4) is 0 Å². The van der Waals surface area contributed by atoms with Crippen molar-refractivity contribution in [2.24, 2.45) is 0 Å². The minimum atomic E-state index is -3.75. The van der Waals surface area contributed by atoms with E-state index in [9.17, 15) is 16.8 Å². The van der Waals surface area contributed by atoms with E-state index in [-0.39, 0.29) is 9.79 Å². The fraction of sp³-hybridized carbons (Fsp3) is 0.538. The summed E-state index contributed by atoms with van der Waals surface area (Å²) in [5, 5.41) is 2.94. The van der Waals surface area contributed by atoms with Gasteiger partial charge in [0.1, 0.15) is 4.90 Å². The lowest BCUT2D eigenvalue weighted by Gasteiger charge is -2.13. The molecule has 0 saturated carbocycles. The van der Waals surface area contributed by atoms with Crippen molar-refractivity contribution in [3.8, 4) is 0 Å². The van der Waals surface area contributed by atoms with Crippen LogP contribution in [0.4, 0.5) is 5.69 Å². The lowest BCUT2D eigenvalue weighted by Crippen LogP contribution is -2.26. The zero-order valence-corrected chi connectivity index (χ0v) is 14.1. The van der Waals surface area contributed by atoms with Crippen molar-refractivity contribution >= 4 is 25.5 Å². The largest absolute Gasteiger partial charge is 0.384 e. The van der Waals surface area contributed by atoms with Crippen LogP contribution in [-0.4, -0.2) is 36.2 Å². The van der Waals surface area contributed by atoms with Crippen LogP contribution in [0.2, 0.25) is 0 Å². The first-order valence-corrected chi connectivity index (χ1v) is 10.2. The molecule has 120 valence electrons. The molecule has 0 radical (unpaired) electrons. The van der Waals surface area contributed by atoms with E-state index in [2.05, 4.69) is 10.0 Å². The van der Waals surface area contributed by atoms with Crippen LogP contribution in [0.25, 0.3) is 0 Å². The second kappa shape index (κ2) is 7.24. The molecule has 0 spiro atoms. The molecule has 0 aliphatic heterocycles. The second-order valence-corrected chi connectivity index (χ2v) is 8.46. The highest BCUT2D eigenvalue weighted by molar-refractivity contribution is 7.91. The van der Waals surface area contributed by atoms with Crippen molar-refractivity contribution < 1.29 is 16.8 Å². The first-order chi connectivity index (χ1) is 9.72. The van der Waals surface area contributed by atoms with Gasteiger partial charge >= 0.3 is 0 Å². The van der Waals surface area contributed by atoms with Gasteiger partial charge in [-0.2, -0.15) is 0 Å². The Hall–Kier alpha value is -1.12. The average molecular weight is 334 g/mol. The molecule has 1 aromatic carbocycles. The van der Waals surface area contributed by atoms with E-state index in [0.29, 0.717) is 18.8 Å². The highest BCUT2D eigenvalue weighted by Crippen LogP contribution is 2.25. The molecular formula is C13H22N2O4S2. The summed E-state index contributed by atoms with van der Waals surface area (Å²) >= 11 is 0. The van der Waals surface area contributed by atoms with Gasteiger partial charge < -0.3 is 5.32 Å². The molecule has 0 heterocycles. The normalized spacial score (nSPS) is 12.3. The molecule has 6 nitrogen and oxygen atoms in total. The van der Waals surface area contributed by atoms with Crippen LogP contribution in [-0.2, 0) is 19.9 Å². The van der Waals surface area contributed by atoms with Gasteiger partial charge in [0.05, 0.1) is 10.6 Å². The number of unbranched alkanes of at least 4 members (excludes halogenated alkanes) is 1. The molecule has 1 rings (SSSR count). The Kier molecular flexibility index (Phi) is 6.18. The second-order valence-electron chi connectivity index (χ2n) is 4.71. The summed E-state index contributed by atoms with van der Waals surface area (Å²) in [6.07, 6.45) is 2.64. The van der Waals surface area contributed by atoms with Crippen molar-refractivity contribution in [2.75, 3.05) is 24.7 Å². The standard InChI is InChI=1S/C13H22N2O4S2/c1-4-6-9-15-21(18,19)13-10-11(20(3,16)17)7-8-12(13)14-5-2/h7-8,10,14-15H,4-6,9H2,1-3H3. The van der Waals surface area contributed by atoms with Crippen molar-refractivity contribution in [3.05, 3.63) is 18.2 Å². The molecule has 0 fully saturated rings. The third-order valence-corrected chi connectivity index (χ3v) is 5.47. The maximum absolute atomic E-state index is 12.3. The van der Waals surface area contributed by atoms with Crippen LogP contribution in [0.5, 0.6) is 0 Å². The number of anilines is 1. The summed E-state index contributed by atoms with van der Waals surface area (Å²) < 4.78 is 50.4. The summed E-state index contributed by atoms with van der Waals surface area (Å²) in [6.45, 7) is 4.66. The van der Waals surface area contributed by atoms with Crippen LogP contribution in [0, 0.1) is 0 Å². The predicted molar refractivity (Wildman–Crippen MR) is 83.8 cm³/mol. The Labute approximate surface area is 126 Å². The summed E-state index contributed by atoms with van der Waals surface area (Å²) in [4.78, 5) is -0.0524. The predicted octanol–water partition coefficient (Wildman–Crippen LogP) is 1.60. The third-order valence-electron chi connectivity index (χ3n) is 2.86. The number of hydrogen-bond acceptors (Lipinski definition) is 5. The quantitative estimate of drug-likeness (QED) is 0.705. The fourth-order valence-corrected chi connectivity index (χ4v) is 3.76. The minimum Gasteiger partial charge on any atom is -0.384 e. The molecule has 0 unspecified atom stereocenters. The van der Waals surface area contributed by atoms with Gasteiger partial charge in [-0.05, 0) is 31.5 Å². The Morgan fingerprint density at radius 3 is 2.29 bits per heavy atom. The van der Waals surface area contributed by atoms with Gasteiger partial charge in [-0.15, -0.1) is 0 Å². The number of sulfonamides is 1. The van der Waals surface area contributed by atoms with Crippen molar-refractivity contribution in [3.63, 3.8) is 0 Å². The van der Waals surface area contributed by atoms with Crippen molar-refractivity contribution in [1.29, 1.82) is 0 Å². The third kappa shape index (κ3) is 4.98. The van der Waals surface area contributed by atoms with Gasteiger partial charge in [-0.3, -0.25) is 0 Å². The first-order valence-electron chi connectivity index (χ1n) is 6.80. The Morgan fingerprint density at radius 1 is 1.10 bits per heavy atom. The van der Waals surface area contributed by atoms with E-state index in [0.717, 1.165) is 19.1 Å². The molecule has 8 heteroatoms. The van der Waals surface area contributed by atoms with Crippen LogP contribution in [0.15, 0.2) is 28.0 Å². The van der Waals surface area contributed by atoms with E-state index < -0.39 is 19.9 Å². The molecule has 0 saturated heterocycles. The monoisotopic (exact) mass is 334 g/mol. The van der Waals surface area contributed by atoms with E-state index in [1.807, 2.05) is 13.8 Å². The van der Waals surface area contributed by atoms with Crippen LogP contribution in [0.1, 0.15) is 26.7 Å². The number of benzene rings is 1. The SMILES string of the molecule is CCCCNS(=O)(=O)c1cc(S(C)(=O)=O)ccc1NCC. The number of nitrogens with one attached hydrogen (secondary N) is 2. The topological polar surface area (TPSA) is 92.3 Å². The molecule has 0 amide bonds. The first kappa shape index (κ1) is 17.9. The van der Waals surface area contributed by atoms with Gasteiger partial charge in [-0.1, -0.05) is 13.3 Å². The smallest absolute Gasteiger partial charge is 0.242 e. The minimum absolute atomic E-state index is 0.0139. The fourth-order valence-electron chi connectivity index (χ4n) is 1.75. The molecule has 1 aromatic rings. The summed E-state index contributed by atoms with van der Waals surface area (Å²) in [6, 6.07) is 4.08. The lowest BCUT2D eigenvalue weighted by atomic mass is 10.3. The molecule has 0 aliphatic rings. The highest BCUT2D eigenvalue weighted by Gasteiger charge is 2.21. The van der Waals surface area contributed by atoms with Crippen molar-refractivity contribution in [1.82, 2.24) is 4.72 Å². The molecule has 21 heavy (non-hydrogen) atoms.